The van der Waals surface area contributed by atoms with Gasteiger partial charge in [0.05, 0.1) is 21.6 Å². The number of benzene rings is 2. The number of aryl methyl sites for hydroxylation is 1. The van der Waals surface area contributed by atoms with Gasteiger partial charge in [-0.1, -0.05) is 30.3 Å². The van der Waals surface area contributed by atoms with Crippen molar-refractivity contribution in [3.8, 4) is 0 Å². The van der Waals surface area contributed by atoms with Gasteiger partial charge in [0.25, 0.3) is 5.91 Å². The third kappa shape index (κ3) is 3.64. The molecule has 3 aromatic rings. The van der Waals surface area contributed by atoms with Gasteiger partial charge >= 0.3 is 5.97 Å². The van der Waals surface area contributed by atoms with Crippen LogP contribution >= 0.6 is 11.3 Å². The molecule has 4 rings (SSSR count). The highest BCUT2D eigenvalue weighted by Gasteiger charge is 2.34. The van der Waals surface area contributed by atoms with Gasteiger partial charge in [0.2, 0.25) is 0 Å². The van der Waals surface area contributed by atoms with Gasteiger partial charge in [0.15, 0.2) is 6.10 Å². The summed E-state index contributed by atoms with van der Waals surface area (Å²) < 4.78 is 6.54. The number of hydrogen-bond acceptors (Lipinski definition) is 5. The molecule has 0 radical (unpaired) electrons. The monoisotopic (exact) mass is 394 g/mol. The first-order valence-electron chi connectivity index (χ1n) is 9.48. The minimum Gasteiger partial charge on any atom is -0.453 e. The van der Waals surface area contributed by atoms with Crippen LogP contribution in [0.25, 0.3) is 10.2 Å². The predicted molar refractivity (Wildman–Crippen MR) is 111 cm³/mol. The number of thiazole rings is 1. The van der Waals surface area contributed by atoms with Crippen LogP contribution in [0.15, 0.2) is 48.5 Å². The molecule has 1 aromatic heterocycles. The molecule has 1 amide bonds. The average Bonchev–Trinajstić information content (AvgIpc) is 3.25. The van der Waals surface area contributed by atoms with E-state index in [1.54, 1.807) is 23.2 Å². The van der Waals surface area contributed by atoms with E-state index in [0.29, 0.717) is 6.42 Å². The fourth-order valence-electron chi connectivity index (χ4n) is 3.64. The molecule has 0 N–H and O–H groups in total. The highest BCUT2D eigenvalue weighted by atomic mass is 32.1. The van der Waals surface area contributed by atoms with Crippen molar-refractivity contribution >= 4 is 39.1 Å². The molecular weight excluding hydrogens is 372 g/mol. The lowest BCUT2D eigenvalue weighted by molar-refractivity contribution is -0.154. The number of fused-ring (bicyclic) bond motifs is 2. The molecule has 144 valence electrons. The Bertz CT molecular complexity index is 996. The second-order valence-electron chi connectivity index (χ2n) is 7.10. The van der Waals surface area contributed by atoms with Crippen molar-refractivity contribution in [2.45, 2.75) is 45.3 Å². The Kier molecular flexibility index (Phi) is 5.13. The van der Waals surface area contributed by atoms with Crippen molar-refractivity contribution in [3.05, 3.63) is 59.1 Å². The van der Waals surface area contributed by atoms with Gasteiger partial charge in [0.1, 0.15) is 0 Å². The van der Waals surface area contributed by atoms with Crippen LogP contribution in [0.3, 0.4) is 0 Å². The van der Waals surface area contributed by atoms with Crippen LogP contribution in [0, 0.1) is 0 Å². The summed E-state index contributed by atoms with van der Waals surface area (Å²) in [6, 6.07) is 15.8. The molecule has 0 saturated carbocycles. The number of nitrogens with zero attached hydrogens (tertiary/aromatic N) is 2. The molecular formula is C22H22N2O3S. The van der Waals surface area contributed by atoms with E-state index < -0.39 is 6.10 Å². The maximum Gasteiger partial charge on any atom is 0.306 e. The first-order valence-corrected chi connectivity index (χ1v) is 10.3. The molecule has 2 atom stereocenters. The van der Waals surface area contributed by atoms with Crippen molar-refractivity contribution in [1.29, 1.82) is 0 Å². The first-order chi connectivity index (χ1) is 13.5. The number of carbonyl (C=O) groups excluding carboxylic acids is 2. The summed E-state index contributed by atoms with van der Waals surface area (Å²) in [5, 5.41) is 0.902. The third-order valence-corrected chi connectivity index (χ3v) is 6.08. The van der Waals surface area contributed by atoms with Gasteiger partial charge in [-0.15, -0.1) is 11.3 Å². The summed E-state index contributed by atoms with van der Waals surface area (Å²) in [5.74, 6) is -0.550. The molecule has 1 aliphatic rings. The Morgan fingerprint density at radius 2 is 1.96 bits per heavy atom. The van der Waals surface area contributed by atoms with Gasteiger partial charge in [0, 0.05) is 18.2 Å². The Balaban J connectivity index is 1.36. The van der Waals surface area contributed by atoms with E-state index in [-0.39, 0.29) is 24.3 Å². The SMILES string of the molecule is C[C@H](OC(=O)CCc1nc2ccccc2s1)C(=O)N1c2ccccc2C[C@@H]1C. The number of hydrogen-bond donors (Lipinski definition) is 0. The van der Waals surface area contributed by atoms with Crippen LogP contribution in [-0.2, 0) is 27.2 Å². The number of amides is 1. The minimum atomic E-state index is -0.809. The highest BCUT2D eigenvalue weighted by molar-refractivity contribution is 7.18. The number of ether oxygens (including phenoxy) is 1. The Hall–Kier alpha value is -2.73. The zero-order valence-electron chi connectivity index (χ0n) is 15.9. The highest BCUT2D eigenvalue weighted by Crippen LogP contribution is 2.32. The van der Waals surface area contributed by atoms with E-state index in [1.165, 1.54) is 0 Å². The van der Waals surface area contributed by atoms with Gasteiger partial charge in [-0.05, 0) is 44.0 Å². The first kappa shape index (κ1) is 18.6. The lowest BCUT2D eigenvalue weighted by Crippen LogP contribution is -2.43. The van der Waals surface area contributed by atoms with Crippen molar-refractivity contribution < 1.29 is 14.3 Å². The van der Waals surface area contributed by atoms with E-state index in [0.717, 1.165) is 32.9 Å². The lowest BCUT2D eigenvalue weighted by atomic mass is 10.1. The van der Waals surface area contributed by atoms with Crippen LogP contribution in [0.4, 0.5) is 5.69 Å². The third-order valence-electron chi connectivity index (χ3n) is 4.98. The van der Waals surface area contributed by atoms with Crippen LogP contribution in [-0.4, -0.2) is 29.0 Å². The second kappa shape index (κ2) is 7.72. The van der Waals surface area contributed by atoms with Gasteiger partial charge in [-0.3, -0.25) is 9.59 Å². The summed E-state index contributed by atoms with van der Waals surface area (Å²) >= 11 is 1.58. The molecule has 2 heterocycles. The molecule has 6 heteroatoms. The fraction of sp³-hybridized carbons (Fsp3) is 0.318. The molecule has 28 heavy (non-hydrogen) atoms. The van der Waals surface area contributed by atoms with Crippen LogP contribution in [0.5, 0.6) is 0 Å². The minimum absolute atomic E-state index is 0.0637. The number of esters is 1. The lowest BCUT2D eigenvalue weighted by Gasteiger charge is -2.25. The molecule has 0 spiro atoms. The molecule has 2 aromatic carbocycles. The molecule has 0 bridgehead atoms. The largest absolute Gasteiger partial charge is 0.453 e. The molecule has 0 aliphatic carbocycles. The summed E-state index contributed by atoms with van der Waals surface area (Å²) in [6.45, 7) is 3.66. The molecule has 1 aliphatic heterocycles. The number of carbonyl (C=O) groups is 2. The van der Waals surface area contributed by atoms with Crippen molar-refractivity contribution in [1.82, 2.24) is 4.98 Å². The van der Waals surface area contributed by atoms with Crippen molar-refractivity contribution in [2.24, 2.45) is 0 Å². The number of para-hydroxylation sites is 2. The molecule has 0 unspecified atom stereocenters. The zero-order valence-corrected chi connectivity index (χ0v) is 16.7. The van der Waals surface area contributed by atoms with E-state index in [2.05, 4.69) is 4.98 Å². The standard InChI is InChI=1S/C22H22N2O3S/c1-14-13-16-7-3-5-9-18(16)24(14)22(26)15(2)27-21(25)12-11-20-23-17-8-4-6-10-19(17)28-20/h3-10,14-15H,11-13H2,1-2H3/t14-,15-/m0/s1. The Morgan fingerprint density at radius 1 is 1.21 bits per heavy atom. The summed E-state index contributed by atoms with van der Waals surface area (Å²) in [7, 11) is 0. The summed E-state index contributed by atoms with van der Waals surface area (Å²) in [6.07, 6.45) is 0.739. The van der Waals surface area contributed by atoms with Gasteiger partial charge in [-0.2, -0.15) is 0 Å². The maximum atomic E-state index is 12.9. The van der Waals surface area contributed by atoms with Gasteiger partial charge in [-0.25, -0.2) is 4.98 Å². The fourth-order valence-corrected chi connectivity index (χ4v) is 4.61. The molecule has 0 fully saturated rings. The Morgan fingerprint density at radius 3 is 2.79 bits per heavy atom. The van der Waals surface area contributed by atoms with E-state index in [4.69, 9.17) is 4.74 Å². The van der Waals surface area contributed by atoms with E-state index in [1.807, 2.05) is 55.5 Å². The van der Waals surface area contributed by atoms with Gasteiger partial charge < -0.3 is 9.64 Å². The molecule has 0 saturated heterocycles. The molecule has 5 nitrogen and oxygen atoms in total. The van der Waals surface area contributed by atoms with E-state index >= 15 is 0 Å². The zero-order chi connectivity index (χ0) is 19.7. The predicted octanol–water partition coefficient (Wildman–Crippen LogP) is 4.14. The van der Waals surface area contributed by atoms with Crippen LogP contribution < -0.4 is 4.90 Å². The summed E-state index contributed by atoms with van der Waals surface area (Å²) in [5.41, 5.74) is 3.01. The normalized spacial score (nSPS) is 16.8. The second-order valence-corrected chi connectivity index (χ2v) is 8.21. The topological polar surface area (TPSA) is 59.5 Å². The smallest absolute Gasteiger partial charge is 0.306 e. The maximum absolute atomic E-state index is 12.9. The van der Waals surface area contributed by atoms with Crippen LogP contribution in [0.1, 0.15) is 30.8 Å². The summed E-state index contributed by atoms with van der Waals surface area (Å²) in [4.78, 5) is 31.4. The number of rotatable bonds is 5. The average molecular weight is 394 g/mol. The Labute approximate surface area is 168 Å². The van der Waals surface area contributed by atoms with Crippen molar-refractivity contribution in [2.75, 3.05) is 4.90 Å². The number of aromatic nitrogens is 1. The van der Waals surface area contributed by atoms with E-state index in [9.17, 15) is 9.59 Å². The van der Waals surface area contributed by atoms with Crippen LogP contribution in [0.2, 0.25) is 0 Å². The quantitative estimate of drug-likeness (QED) is 0.610. The number of anilines is 1. The van der Waals surface area contributed by atoms with Crippen molar-refractivity contribution in [3.63, 3.8) is 0 Å².